The number of methoxy groups -OCH3 is 1. The average molecular weight is 541 g/mol. The molecule has 3 N–H and O–H groups in total. The van der Waals surface area contributed by atoms with Crippen molar-refractivity contribution in [2.24, 2.45) is 15.0 Å². The molecule has 0 amide bonds. The zero-order valence-electron chi connectivity index (χ0n) is 24.2. The molecular formula is C32H36N4O4. The van der Waals surface area contributed by atoms with Crippen LogP contribution in [-0.2, 0) is 9.53 Å². The van der Waals surface area contributed by atoms with Crippen molar-refractivity contribution in [2.45, 2.75) is 73.3 Å². The Balaban J connectivity index is 1.74. The van der Waals surface area contributed by atoms with Gasteiger partial charge in [-0.25, -0.2) is 15.0 Å². The highest BCUT2D eigenvalue weighted by Crippen LogP contribution is 2.38. The molecule has 5 aliphatic heterocycles. The summed E-state index contributed by atoms with van der Waals surface area (Å²) in [7, 11) is 1.38. The quantitative estimate of drug-likeness (QED) is 0.384. The number of fused-ring (bicyclic) bond motifs is 5. The number of aliphatic imine (C=N–C) groups is 3. The smallest absolute Gasteiger partial charge is 0.305 e. The average Bonchev–Trinajstić information content (AvgIpc) is 3.61. The molecule has 8 nitrogen and oxygen atoms in total. The third-order valence-electron chi connectivity index (χ3n) is 8.20. The summed E-state index contributed by atoms with van der Waals surface area (Å²) < 4.78 is 4.88. The molecule has 0 spiro atoms. The molecular weight excluding hydrogens is 504 g/mol. The first-order valence-electron chi connectivity index (χ1n) is 13.7. The number of hydrogen-bond donors (Lipinski definition) is 3. The normalized spacial score (nSPS) is 21.4. The van der Waals surface area contributed by atoms with Gasteiger partial charge in [0.2, 0.25) is 0 Å². The maximum atomic E-state index is 12.0. The summed E-state index contributed by atoms with van der Waals surface area (Å²) in [5, 5.41) is 25.1. The van der Waals surface area contributed by atoms with E-state index in [0.29, 0.717) is 29.9 Å². The van der Waals surface area contributed by atoms with E-state index < -0.39 is 6.10 Å². The predicted octanol–water partition coefficient (Wildman–Crippen LogP) is 5.75. The summed E-state index contributed by atoms with van der Waals surface area (Å²) in [6.45, 7) is 11.9. The Labute approximate surface area is 235 Å². The van der Waals surface area contributed by atoms with E-state index in [1.54, 1.807) is 6.92 Å². The van der Waals surface area contributed by atoms with Crippen molar-refractivity contribution in [1.29, 1.82) is 0 Å². The molecule has 0 aliphatic carbocycles. The molecule has 5 rings (SSSR count). The Morgan fingerprint density at radius 2 is 1.62 bits per heavy atom. The van der Waals surface area contributed by atoms with Crippen molar-refractivity contribution in [3.8, 4) is 0 Å². The van der Waals surface area contributed by atoms with Gasteiger partial charge in [-0.05, 0) is 99.1 Å². The van der Waals surface area contributed by atoms with Crippen LogP contribution in [-0.4, -0.2) is 46.5 Å². The summed E-state index contributed by atoms with van der Waals surface area (Å²) in [5.74, 6) is -0.0627. The first-order valence-corrected chi connectivity index (χ1v) is 13.7. The maximum absolute atomic E-state index is 12.0. The Morgan fingerprint density at radius 3 is 2.30 bits per heavy atom. The maximum Gasteiger partial charge on any atom is 0.305 e. The Kier molecular flexibility index (Phi) is 7.23. The highest BCUT2D eigenvalue weighted by molar-refractivity contribution is 6.19. The van der Waals surface area contributed by atoms with Crippen LogP contribution in [0.25, 0.3) is 0 Å². The van der Waals surface area contributed by atoms with E-state index in [1.165, 1.54) is 7.11 Å². The number of ether oxygens (including phenoxy) is 1. The molecule has 0 aromatic rings. The lowest BCUT2D eigenvalue weighted by Crippen LogP contribution is -2.12. The Bertz CT molecular complexity index is 1580. The highest BCUT2D eigenvalue weighted by atomic mass is 16.5. The second-order valence-electron chi connectivity index (χ2n) is 10.7. The van der Waals surface area contributed by atoms with Crippen molar-refractivity contribution in [3.05, 3.63) is 91.5 Å². The molecule has 0 saturated carbocycles. The zero-order valence-corrected chi connectivity index (χ0v) is 24.2. The largest absolute Gasteiger partial charge is 0.510 e. The topological polar surface area (TPSA) is 116 Å². The molecule has 8 bridgehead atoms. The van der Waals surface area contributed by atoms with Gasteiger partial charge in [0.15, 0.2) is 0 Å². The molecule has 5 heterocycles. The number of carbonyl (C=O) groups excluding carboxylic acids is 1. The van der Waals surface area contributed by atoms with Crippen molar-refractivity contribution in [3.63, 3.8) is 0 Å². The highest BCUT2D eigenvalue weighted by Gasteiger charge is 2.30. The van der Waals surface area contributed by atoms with Crippen molar-refractivity contribution < 1.29 is 19.7 Å². The third-order valence-corrected chi connectivity index (χ3v) is 8.20. The zero-order chi connectivity index (χ0) is 28.9. The molecule has 0 aromatic heterocycles. The SMILES string of the molecule is CCC1=C(C)C2=CC3=NC(=CC4=NC(=CC5=C(O)CC(=C(C)C1=N2)N5)C(CCC(=O)OC)=C4C)C(C)=C3[C@H](C)O. The third kappa shape index (κ3) is 4.66. The fraction of sp³-hybridized carbons (Fsp3) is 0.375. The van der Waals surface area contributed by atoms with E-state index in [1.807, 2.05) is 39.0 Å². The number of rotatable bonds is 5. The minimum absolute atomic E-state index is 0.217. The van der Waals surface area contributed by atoms with E-state index >= 15 is 0 Å². The molecule has 0 aromatic carbocycles. The van der Waals surface area contributed by atoms with E-state index in [0.717, 1.165) is 73.9 Å². The summed E-state index contributed by atoms with van der Waals surface area (Å²) in [6.07, 6.45) is 6.86. The predicted molar refractivity (Wildman–Crippen MR) is 158 cm³/mol. The standard InChI is InChI=1S/C32H36N4O4/c1-8-20-15(2)23-12-28-31(19(6)37)17(4)24(35-28)11-22-16(3)21(9-10-30(39)40-7)26(33-22)13-27-29(38)14-25(34-27)18(5)32(20)36-23/h11-13,19,34,37-38H,8-10,14H2,1-7H3/t19-/m0/s1. The summed E-state index contributed by atoms with van der Waals surface area (Å²) in [5.41, 5.74) is 12.7. The van der Waals surface area contributed by atoms with Crippen LogP contribution in [0, 0.1) is 0 Å². The van der Waals surface area contributed by atoms with Gasteiger partial charge in [0.25, 0.3) is 0 Å². The van der Waals surface area contributed by atoms with Crippen LogP contribution in [0.3, 0.4) is 0 Å². The number of nitrogens with one attached hydrogen (secondary N) is 1. The second-order valence-corrected chi connectivity index (χ2v) is 10.7. The van der Waals surface area contributed by atoms with Crippen molar-refractivity contribution in [2.75, 3.05) is 7.11 Å². The van der Waals surface area contributed by atoms with Crippen LogP contribution in [0.2, 0.25) is 0 Å². The number of carbonyl (C=O) groups is 1. The van der Waals surface area contributed by atoms with E-state index in [2.05, 4.69) is 19.2 Å². The molecule has 1 atom stereocenters. The van der Waals surface area contributed by atoms with Crippen LogP contribution in [0.15, 0.2) is 106 Å². The fourth-order valence-electron chi connectivity index (χ4n) is 5.83. The van der Waals surface area contributed by atoms with Gasteiger partial charge in [-0.15, -0.1) is 0 Å². The minimum atomic E-state index is -0.713. The van der Waals surface area contributed by atoms with Crippen LogP contribution in [0.5, 0.6) is 0 Å². The lowest BCUT2D eigenvalue weighted by Gasteiger charge is -2.11. The van der Waals surface area contributed by atoms with Gasteiger partial charge in [0.05, 0.1) is 53.1 Å². The minimum Gasteiger partial charge on any atom is -0.510 e. The summed E-state index contributed by atoms with van der Waals surface area (Å²) in [6, 6.07) is 0. The fourth-order valence-corrected chi connectivity index (χ4v) is 5.83. The van der Waals surface area contributed by atoms with Crippen LogP contribution in [0.1, 0.15) is 67.2 Å². The van der Waals surface area contributed by atoms with Crippen LogP contribution in [0.4, 0.5) is 0 Å². The van der Waals surface area contributed by atoms with Gasteiger partial charge < -0.3 is 20.3 Å². The number of esters is 1. The first kappa shape index (κ1) is 27.5. The monoisotopic (exact) mass is 540 g/mol. The number of hydrogen-bond acceptors (Lipinski definition) is 8. The lowest BCUT2D eigenvalue weighted by atomic mass is 9.96. The molecule has 0 fully saturated rings. The lowest BCUT2D eigenvalue weighted by molar-refractivity contribution is -0.140. The van der Waals surface area contributed by atoms with E-state index in [9.17, 15) is 15.0 Å². The van der Waals surface area contributed by atoms with Gasteiger partial charge in [-0.1, -0.05) is 6.92 Å². The first-order chi connectivity index (χ1) is 19.0. The van der Waals surface area contributed by atoms with Gasteiger partial charge >= 0.3 is 5.97 Å². The van der Waals surface area contributed by atoms with Crippen LogP contribution >= 0.6 is 0 Å². The van der Waals surface area contributed by atoms with E-state index in [4.69, 9.17) is 19.7 Å². The van der Waals surface area contributed by atoms with Gasteiger partial charge in [0.1, 0.15) is 5.76 Å². The molecule has 208 valence electrons. The molecule has 0 unspecified atom stereocenters. The molecule has 0 saturated heterocycles. The van der Waals surface area contributed by atoms with E-state index in [-0.39, 0.29) is 18.1 Å². The number of aliphatic hydroxyl groups excluding tert-OH is 2. The van der Waals surface area contributed by atoms with Gasteiger partial charge in [0, 0.05) is 24.1 Å². The molecule has 8 heteroatoms. The molecule has 5 aliphatic rings. The number of nitrogens with zero attached hydrogens (tertiary/aromatic N) is 3. The van der Waals surface area contributed by atoms with Crippen molar-refractivity contribution >= 4 is 23.1 Å². The Morgan fingerprint density at radius 1 is 0.950 bits per heavy atom. The molecule has 40 heavy (non-hydrogen) atoms. The number of allylic oxidation sites excluding steroid dienone is 9. The summed E-state index contributed by atoms with van der Waals surface area (Å²) in [4.78, 5) is 26.9. The van der Waals surface area contributed by atoms with Crippen molar-refractivity contribution in [1.82, 2.24) is 5.32 Å². The van der Waals surface area contributed by atoms with Gasteiger partial charge in [-0.3, -0.25) is 4.79 Å². The van der Waals surface area contributed by atoms with Crippen LogP contribution < -0.4 is 5.32 Å². The molecule has 0 radical (unpaired) electrons. The van der Waals surface area contributed by atoms with Gasteiger partial charge in [-0.2, -0.15) is 0 Å². The Hall–Kier alpha value is -4.04. The number of aliphatic hydroxyl groups is 2. The second kappa shape index (κ2) is 10.5. The summed E-state index contributed by atoms with van der Waals surface area (Å²) >= 11 is 0.